The lowest BCUT2D eigenvalue weighted by Crippen LogP contribution is -2.39. The van der Waals surface area contributed by atoms with E-state index in [2.05, 4.69) is 0 Å². The molecule has 1 aromatic carbocycles. The van der Waals surface area contributed by atoms with Gasteiger partial charge in [0.15, 0.2) is 0 Å². The molecule has 0 saturated carbocycles. The maximum absolute atomic E-state index is 12.2. The Morgan fingerprint density at radius 2 is 2.10 bits per heavy atom. The van der Waals surface area contributed by atoms with Gasteiger partial charge in [-0.3, -0.25) is 9.59 Å². The third-order valence-electron chi connectivity index (χ3n) is 3.75. The Morgan fingerprint density at radius 1 is 1.40 bits per heavy atom. The number of carboxylic acid groups (broad SMARTS) is 1. The van der Waals surface area contributed by atoms with Crippen LogP contribution in [0, 0.1) is 12.3 Å². The summed E-state index contributed by atoms with van der Waals surface area (Å²) in [6.45, 7) is 5.45. The van der Waals surface area contributed by atoms with Gasteiger partial charge in [0.25, 0.3) is 0 Å². The predicted molar refractivity (Wildman–Crippen MR) is 75.3 cm³/mol. The highest BCUT2D eigenvalue weighted by Gasteiger charge is 2.47. The van der Waals surface area contributed by atoms with Crippen molar-refractivity contribution in [3.63, 3.8) is 0 Å². The molecule has 2 rings (SSSR count). The molecule has 1 aromatic rings. The van der Waals surface area contributed by atoms with E-state index >= 15 is 0 Å². The van der Waals surface area contributed by atoms with Crippen LogP contribution in [-0.4, -0.2) is 23.7 Å². The van der Waals surface area contributed by atoms with Crippen molar-refractivity contribution in [1.82, 2.24) is 0 Å². The Hall–Kier alpha value is -2.10. The zero-order valence-corrected chi connectivity index (χ0v) is 11.8. The fourth-order valence-corrected chi connectivity index (χ4v) is 2.58. The van der Waals surface area contributed by atoms with Gasteiger partial charge in [-0.05, 0) is 31.9 Å². The molecular formula is C16H18O4. The molecule has 1 aliphatic rings. The minimum absolute atomic E-state index is 0.232. The first-order valence-electron chi connectivity index (χ1n) is 6.60. The standard InChI is InChI=1S/C16H18O4/c1-4-20-14(17)13-12-6-5-10(2)9-11(12)7-8-16(13,3)15(18)19/h5-9,13H,4H2,1-3H3,(H,18,19). The number of hydrogen-bond acceptors (Lipinski definition) is 3. The number of esters is 1. The lowest BCUT2D eigenvalue weighted by Gasteiger charge is -2.34. The highest BCUT2D eigenvalue weighted by molar-refractivity contribution is 5.93. The fraction of sp³-hybridized carbons (Fsp3) is 0.375. The maximum atomic E-state index is 12.2. The minimum Gasteiger partial charge on any atom is -0.481 e. The number of ether oxygens (including phenoxy) is 1. The number of aliphatic carboxylic acids is 1. The summed E-state index contributed by atoms with van der Waals surface area (Å²) in [5.74, 6) is -2.34. The molecule has 1 N–H and O–H groups in total. The van der Waals surface area contributed by atoms with Crippen LogP contribution in [0.5, 0.6) is 0 Å². The van der Waals surface area contributed by atoms with Crippen LogP contribution in [0.25, 0.3) is 6.08 Å². The molecule has 20 heavy (non-hydrogen) atoms. The van der Waals surface area contributed by atoms with Crippen molar-refractivity contribution in [2.75, 3.05) is 6.61 Å². The number of rotatable bonds is 3. The average molecular weight is 274 g/mol. The van der Waals surface area contributed by atoms with Crippen molar-refractivity contribution in [2.45, 2.75) is 26.7 Å². The van der Waals surface area contributed by atoms with E-state index in [4.69, 9.17) is 4.74 Å². The molecule has 0 saturated heterocycles. The molecule has 0 fully saturated rings. The van der Waals surface area contributed by atoms with Crippen LogP contribution in [0.1, 0.15) is 36.5 Å². The summed E-state index contributed by atoms with van der Waals surface area (Å²) in [5, 5.41) is 9.51. The monoisotopic (exact) mass is 274 g/mol. The van der Waals surface area contributed by atoms with Gasteiger partial charge in [-0.1, -0.05) is 35.9 Å². The third-order valence-corrected chi connectivity index (χ3v) is 3.75. The second kappa shape index (κ2) is 5.12. The molecule has 4 heteroatoms. The third kappa shape index (κ3) is 2.22. The number of carbonyl (C=O) groups is 2. The molecule has 0 spiro atoms. The normalized spacial score (nSPS) is 24.1. The molecular weight excluding hydrogens is 256 g/mol. The molecule has 0 radical (unpaired) electrons. The Bertz CT molecular complexity index is 588. The van der Waals surface area contributed by atoms with Crippen molar-refractivity contribution >= 4 is 18.0 Å². The van der Waals surface area contributed by atoms with E-state index in [1.54, 1.807) is 26.0 Å². The van der Waals surface area contributed by atoms with Crippen LogP contribution in [0.15, 0.2) is 24.3 Å². The number of fused-ring (bicyclic) bond motifs is 1. The summed E-state index contributed by atoms with van der Waals surface area (Å²) in [6, 6.07) is 5.64. The molecule has 0 heterocycles. The zero-order chi connectivity index (χ0) is 14.9. The van der Waals surface area contributed by atoms with E-state index in [0.717, 1.165) is 11.1 Å². The lowest BCUT2D eigenvalue weighted by atomic mass is 9.68. The van der Waals surface area contributed by atoms with Crippen molar-refractivity contribution in [3.05, 3.63) is 41.0 Å². The molecule has 2 atom stereocenters. The van der Waals surface area contributed by atoms with Gasteiger partial charge < -0.3 is 9.84 Å². The van der Waals surface area contributed by atoms with Gasteiger partial charge >= 0.3 is 11.9 Å². The Morgan fingerprint density at radius 3 is 2.70 bits per heavy atom. The second-order valence-electron chi connectivity index (χ2n) is 5.24. The van der Waals surface area contributed by atoms with E-state index < -0.39 is 23.3 Å². The Balaban J connectivity index is 2.59. The summed E-state index contributed by atoms with van der Waals surface area (Å²) < 4.78 is 5.08. The van der Waals surface area contributed by atoms with E-state index in [0.29, 0.717) is 5.56 Å². The summed E-state index contributed by atoms with van der Waals surface area (Å²) in [5.41, 5.74) is 1.37. The Kier molecular flexibility index (Phi) is 3.66. The fourth-order valence-electron chi connectivity index (χ4n) is 2.58. The predicted octanol–water partition coefficient (Wildman–Crippen LogP) is 2.76. The number of benzene rings is 1. The molecule has 1 aliphatic carbocycles. The van der Waals surface area contributed by atoms with Gasteiger partial charge in [0, 0.05) is 0 Å². The smallest absolute Gasteiger partial charge is 0.314 e. The van der Waals surface area contributed by atoms with Crippen LogP contribution in [0.2, 0.25) is 0 Å². The van der Waals surface area contributed by atoms with Gasteiger partial charge in [0.2, 0.25) is 0 Å². The number of carboxylic acids is 1. The molecule has 0 bridgehead atoms. The van der Waals surface area contributed by atoms with E-state index in [-0.39, 0.29) is 6.61 Å². The van der Waals surface area contributed by atoms with Gasteiger partial charge in [-0.25, -0.2) is 0 Å². The quantitative estimate of drug-likeness (QED) is 0.861. The van der Waals surface area contributed by atoms with Gasteiger partial charge in [0.1, 0.15) is 11.3 Å². The minimum atomic E-state index is -1.28. The average Bonchev–Trinajstić information content (AvgIpc) is 2.39. The highest BCUT2D eigenvalue weighted by Crippen LogP contribution is 2.44. The number of hydrogen-bond donors (Lipinski definition) is 1. The SMILES string of the molecule is CCOC(=O)C1c2ccc(C)cc2C=CC1(C)C(=O)O. The molecule has 4 nitrogen and oxygen atoms in total. The lowest BCUT2D eigenvalue weighted by molar-refractivity contribution is -0.157. The van der Waals surface area contributed by atoms with Gasteiger partial charge in [-0.2, -0.15) is 0 Å². The first-order valence-corrected chi connectivity index (χ1v) is 6.60. The van der Waals surface area contributed by atoms with E-state index in [9.17, 15) is 14.7 Å². The van der Waals surface area contributed by atoms with Crippen LogP contribution in [0.4, 0.5) is 0 Å². The largest absolute Gasteiger partial charge is 0.481 e. The first kappa shape index (κ1) is 14.3. The molecule has 2 unspecified atom stereocenters. The molecule has 0 aliphatic heterocycles. The van der Waals surface area contributed by atoms with Gasteiger partial charge in [0.05, 0.1) is 6.61 Å². The van der Waals surface area contributed by atoms with Crippen molar-refractivity contribution in [2.24, 2.45) is 5.41 Å². The van der Waals surface area contributed by atoms with Crippen molar-refractivity contribution in [1.29, 1.82) is 0 Å². The number of aryl methyl sites for hydroxylation is 1. The van der Waals surface area contributed by atoms with E-state index in [1.165, 1.54) is 0 Å². The maximum Gasteiger partial charge on any atom is 0.314 e. The summed E-state index contributed by atoms with van der Waals surface area (Å²) in [4.78, 5) is 23.9. The molecule has 106 valence electrons. The zero-order valence-electron chi connectivity index (χ0n) is 11.8. The van der Waals surface area contributed by atoms with Crippen LogP contribution >= 0.6 is 0 Å². The first-order chi connectivity index (χ1) is 9.40. The van der Waals surface area contributed by atoms with Crippen molar-refractivity contribution < 1.29 is 19.4 Å². The highest BCUT2D eigenvalue weighted by atomic mass is 16.5. The summed E-state index contributed by atoms with van der Waals surface area (Å²) in [7, 11) is 0. The molecule has 0 aromatic heterocycles. The second-order valence-corrected chi connectivity index (χ2v) is 5.24. The van der Waals surface area contributed by atoms with Crippen LogP contribution in [0.3, 0.4) is 0 Å². The van der Waals surface area contributed by atoms with Crippen molar-refractivity contribution in [3.8, 4) is 0 Å². The number of carbonyl (C=O) groups excluding carboxylic acids is 1. The van der Waals surface area contributed by atoms with Crippen LogP contribution in [-0.2, 0) is 14.3 Å². The van der Waals surface area contributed by atoms with Crippen LogP contribution < -0.4 is 0 Å². The Labute approximate surface area is 118 Å². The summed E-state index contributed by atoms with van der Waals surface area (Å²) in [6.07, 6.45) is 3.35. The molecule has 0 amide bonds. The topological polar surface area (TPSA) is 63.6 Å². The van der Waals surface area contributed by atoms with E-state index in [1.807, 2.05) is 25.1 Å². The van der Waals surface area contributed by atoms with Gasteiger partial charge in [-0.15, -0.1) is 0 Å². The summed E-state index contributed by atoms with van der Waals surface area (Å²) >= 11 is 0.